The van der Waals surface area contributed by atoms with Crippen LogP contribution in [0.2, 0.25) is 0 Å². The van der Waals surface area contributed by atoms with Gasteiger partial charge in [0, 0.05) is 22.7 Å². The van der Waals surface area contributed by atoms with E-state index in [-0.39, 0.29) is 0 Å². The number of hydrogen-bond donors (Lipinski definition) is 1. The summed E-state index contributed by atoms with van der Waals surface area (Å²) in [6.07, 6.45) is 1.71. The van der Waals surface area contributed by atoms with Gasteiger partial charge in [-0.25, -0.2) is 4.98 Å². The molecule has 28 heavy (non-hydrogen) atoms. The summed E-state index contributed by atoms with van der Waals surface area (Å²) in [5.41, 5.74) is 8.53. The molecule has 138 valence electrons. The van der Waals surface area contributed by atoms with Gasteiger partial charge in [0.2, 0.25) is 0 Å². The monoisotopic (exact) mass is 368 g/mol. The zero-order chi connectivity index (χ0) is 19.3. The van der Waals surface area contributed by atoms with Gasteiger partial charge >= 0.3 is 0 Å². The molecule has 0 aliphatic rings. The molecular formula is C23H20N4O. The maximum absolute atomic E-state index is 5.36. The van der Waals surface area contributed by atoms with E-state index in [1.807, 2.05) is 79.7 Å². The molecule has 0 saturated carbocycles. The minimum atomic E-state index is 0.767. The Morgan fingerprint density at radius 2 is 1.79 bits per heavy atom. The number of methoxy groups -OCH3 is 1. The molecule has 4 aromatic rings. The van der Waals surface area contributed by atoms with Crippen LogP contribution in [0.1, 0.15) is 11.4 Å². The molecule has 0 aliphatic heterocycles. The summed E-state index contributed by atoms with van der Waals surface area (Å²) < 4.78 is 5.36. The molecular weight excluding hydrogens is 348 g/mol. The van der Waals surface area contributed by atoms with E-state index in [2.05, 4.69) is 15.5 Å². The van der Waals surface area contributed by atoms with Crippen molar-refractivity contribution in [2.45, 2.75) is 6.92 Å². The summed E-state index contributed by atoms with van der Waals surface area (Å²) in [6, 6.07) is 23.8. The summed E-state index contributed by atoms with van der Waals surface area (Å²) in [5, 5.41) is 5.35. The molecule has 0 saturated heterocycles. The van der Waals surface area contributed by atoms with Gasteiger partial charge in [-0.2, -0.15) is 5.10 Å². The molecule has 2 aromatic carbocycles. The first-order chi connectivity index (χ1) is 13.7. The second-order valence-corrected chi connectivity index (χ2v) is 6.38. The van der Waals surface area contributed by atoms with Gasteiger partial charge in [-0.1, -0.05) is 36.4 Å². The van der Waals surface area contributed by atoms with Gasteiger partial charge < -0.3 is 4.74 Å². The van der Waals surface area contributed by atoms with E-state index in [1.54, 1.807) is 13.3 Å². The normalized spacial score (nSPS) is 11.1. The molecule has 0 amide bonds. The van der Waals surface area contributed by atoms with E-state index < -0.39 is 0 Å². The van der Waals surface area contributed by atoms with Crippen molar-refractivity contribution in [1.29, 1.82) is 0 Å². The van der Waals surface area contributed by atoms with E-state index in [9.17, 15) is 0 Å². The number of benzene rings is 2. The average molecular weight is 368 g/mol. The van der Waals surface area contributed by atoms with Crippen LogP contribution in [0.25, 0.3) is 22.2 Å². The van der Waals surface area contributed by atoms with E-state index in [4.69, 9.17) is 9.72 Å². The first kappa shape index (κ1) is 17.7. The minimum absolute atomic E-state index is 0.767. The average Bonchev–Trinajstić information content (AvgIpc) is 2.74. The number of hydrazone groups is 1. The highest BCUT2D eigenvalue weighted by atomic mass is 16.5. The molecule has 2 heterocycles. The lowest BCUT2D eigenvalue weighted by atomic mass is 10.1. The first-order valence-electron chi connectivity index (χ1n) is 9.00. The van der Waals surface area contributed by atoms with Crippen LogP contribution < -0.4 is 10.2 Å². The van der Waals surface area contributed by atoms with Crippen LogP contribution in [-0.4, -0.2) is 23.3 Å². The number of ether oxygens (including phenoxy) is 1. The van der Waals surface area contributed by atoms with E-state index in [0.717, 1.165) is 45.0 Å². The van der Waals surface area contributed by atoms with Gasteiger partial charge in [0.05, 0.1) is 35.9 Å². The van der Waals surface area contributed by atoms with Crippen molar-refractivity contribution in [3.8, 4) is 17.0 Å². The Hall–Kier alpha value is -3.73. The highest BCUT2D eigenvalue weighted by Crippen LogP contribution is 2.30. The van der Waals surface area contributed by atoms with Gasteiger partial charge in [-0.05, 0) is 37.3 Å². The van der Waals surface area contributed by atoms with Gasteiger partial charge in [-0.3, -0.25) is 10.4 Å². The van der Waals surface area contributed by atoms with Crippen LogP contribution in [0, 0.1) is 6.92 Å². The van der Waals surface area contributed by atoms with Crippen molar-refractivity contribution in [3.05, 3.63) is 84.2 Å². The van der Waals surface area contributed by atoms with Crippen molar-refractivity contribution in [2.75, 3.05) is 12.5 Å². The van der Waals surface area contributed by atoms with E-state index in [0.29, 0.717) is 0 Å². The molecule has 0 atom stereocenters. The Balaban J connectivity index is 1.75. The number of nitrogens with zero attached hydrogens (tertiary/aromatic N) is 3. The Bertz CT molecular complexity index is 1140. The van der Waals surface area contributed by atoms with Crippen molar-refractivity contribution >= 4 is 22.8 Å². The molecule has 0 fully saturated rings. The van der Waals surface area contributed by atoms with Crippen LogP contribution in [0.4, 0.5) is 5.69 Å². The zero-order valence-electron chi connectivity index (χ0n) is 15.8. The summed E-state index contributed by atoms with van der Waals surface area (Å²) in [5.74, 6) is 0.767. The fraction of sp³-hybridized carbons (Fsp3) is 0.0870. The molecule has 0 radical (unpaired) electrons. The molecule has 2 aromatic heterocycles. The summed E-state index contributed by atoms with van der Waals surface area (Å²) >= 11 is 0. The van der Waals surface area contributed by atoms with Crippen LogP contribution in [-0.2, 0) is 0 Å². The Morgan fingerprint density at radius 3 is 2.57 bits per heavy atom. The fourth-order valence-electron chi connectivity index (χ4n) is 2.99. The predicted octanol–water partition coefficient (Wildman–Crippen LogP) is 5.06. The topological polar surface area (TPSA) is 59.4 Å². The molecule has 0 unspecified atom stereocenters. The lowest BCUT2D eigenvalue weighted by molar-refractivity contribution is 0.415. The minimum Gasteiger partial charge on any atom is -0.497 e. The maximum Gasteiger partial charge on any atom is 0.121 e. The first-order valence-corrected chi connectivity index (χ1v) is 9.00. The third-order valence-corrected chi connectivity index (χ3v) is 4.38. The van der Waals surface area contributed by atoms with Gasteiger partial charge in [0.15, 0.2) is 0 Å². The number of anilines is 1. The largest absolute Gasteiger partial charge is 0.497 e. The number of aryl methyl sites for hydroxylation is 1. The molecule has 0 spiro atoms. The Labute approximate surface area is 163 Å². The van der Waals surface area contributed by atoms with Crippen molar-refractivity contribution in [1.82, 2.24) is 9.97 Å². The predicted molar refractivity (Wildman–Crippen MR) is 114 cm³/mol. The highest BCUT2D eigenvalue weighted by Gasteiger charge is 2.08. The quantitative estimate of drug-likeness (QED) is 0.395. The Kier molecular flexibility index (Phi) is 4.97. The molecule has 0 bridgehead atoms. The fourth-order valence-corrected chi connectivity index (χ4v) is 2.99. The van der Waals surface area contributed by atoms with Crippen molar-refractivity contribution in [3.63, 3.8) is 0 Å². The van der Waals surface area contributed by atoms with Crippen molar-refractivity contribution < 1.29 is 4.74 Å². The molecule has 5 heteroatoms. The smallest absolute Gasteiger partial charge is 0.121 e. The van der Waals surface area contributed by atoms with E-state index >= 15 is 0 Å². The van der Waals surface area contributed by atoms with Crippen LogP contribution in [0.5, 0.6) is 5.75 Å². The number of nitrogens with one attached hydrogen (secondary N) is 1. The van der Waals surface area contributed by atoms with Crippen LogP contribution in [0.3, 0.4) is 0 Å². The molecule has 4 rings (SSSR count). The number of aromatic nitrogens is 2. The number of rotatable bonds is 5. The summed E-state index contributed by atoms with van der Waals surface area (Å²) in [7, 11) is 1.65. The SMILES string of the molecule is COc1ccc2c(N/N=C/c3cccc(C)n3)cc(-c3ccccc3)nc2c1. The number of hydrogen-bond acceptors (Lipinski definition) is 5. The summed E-state index contributed by atoms with van der Waals surface area (Å²) in [6.45, 7) is 1.96. The summed E-state index contributed by atoms with van der Waals surface area (Å²) in [4.78, 5) is 9.24. The lowest BCUT2D eigenvalue weighted by Gasteiger charge is -2.10. The van der Waals surface area contributed by atoms with Crippen LogP contribution >= 0.6 is 0 Å². The zero-order valence-corrected chi connectivity index (χ0v) is 15.8. The van der Waals surface area contributed by atoms with Gasteiger partial charge in [0.1, 0.15) is 5.75 Å². The van der Waals surface area contributed by atoms with Gasteiger partial charge in [0.25, 0.3) is 0 Å². The van der Waals surface area contributed by atoms with E-state index in [1.165, 1.54) is 0 Å². The lowest BCUT2D eigenvalue weighted by Crippen LogP contribution is -1.97. The van der Waals surface area contributed by atoms with Crippen LogP contribution in [0.15, 0.2) is 77.9 Å². The Morgan fingerprint density at radius 1 is 0.929 bits per heavy atom. The van der Waals surface area contributed by atoms with Crippen molar-refractivity contribution in [2.24, 2.45) is 5.10 Å². The molecule has 1 N–H and O–H groups in total. The maximum atomic E-state index is 5.36. The third kappa shape index (κ3) is 3.83. The number of fused-ring (bicyclic) bond motifs is 1. The third-order valence-electron chi connectivity index (χ3n) is 4.38. The molecule has 0 aliphatic carbocycles. The highest BCUT2D eigenvalue weighted by molar-refractivity contribution is 5.95. The number of pyridine rings is 2. The second kappa shape index (κ2) is 7.88. The molecule has 5 nitrogen and oxygen atoms in total. The van der Waals surface area contributed by atoms with Gasteiger partial charge in [-0.15, -0.1) is 0 Å². The second-order valence-electron chi connectivity index (χ2n) is 6.38. The standard InChI is InChI=1S/C23H20N4O/c1-16-7-6-10-18(25-16)15-24-27-23-14-21(17-8-4-3-5-9-17)26-22-13-19(28-2)11-12-20(22)23/h3-15H,1-2H3,(H,26,27)/b24-15+.